The van der Waals surface area contributed by atoms with Crippen molar-refractivity contribution in [1.29, 1.82) is 0 Å². The molecule has 1 atom stereocenters. The number of rotatable bonds is 4. The van der Waals surface area contributed by atoms with Crippen molar-refractivity contribution in [2.24, 2.45) is 13.0 Å². The minimum Gasteiger partial charge on any atom is -0.324 e. The summed E-state index contributed by atoms with van der Waals surface area (Å²) in [5.41, 5.74) is 4.28. The van der Waals surface area contributed by atoms with Crippen LogP contribution >= 0.6 is 0 Å². The number of nitrogens with one attached hydrogen (secondary N) is 1. The zero-order valence-corrected chi connectivity index (χ0v) is 17.1. The normalized spacial score (nSPS) is 16.8. The molecule has 7 heteroatoms. The van der Waals surface area contributed by atoms with Crippen LogP contribution in [0.15, 0.2) is 36.5 Å². The van der Waals surface area contributed by atoms with Crippen molar-refractivity contribution in [3.8, 4) is 0 Å². The Morgan fingerprint density at radius 3 is 2.83 bits per heavy atom. The molecule has 3 heterocycles. The van der Waals surface area contributed by atoms with Crippen molar-refractivity contribution in [3.63, 3.8) is 0 Å². The molecule has 0 spiro atoms. The molecule has 150 valence electrons. The maximum Gasteiger partial charge on any atom is 0.229 e. The number of amides is 2. The molecule has 3 aromatic rings. The van der Waals surface area contributed by atoms with Crippen LogP contribution in [0.25, 0.3) is 11.0 Å². The maximum atomic E-state index is 12.8. The summed E-state index contributed by atoms with van der Waals surface area (Å²) in [6.45, 7) is 6.54. The third kappa shape index (κ3) is 3.60. The highest BCUT2D eigenvalue weighted by molar-refractivity contribution is 6.04. The van der Waals surface area contributed by atoms with Gasteiger partial charge in [-0.3, -0.25) is 14.3 Å². The van der Waals surface area contributed by atoms with Crippen molar-refractivity contribution in [2.45, 2.75) is 33.1 Å². The fraction of sp³-hybridized carbons (Fsp3) is 0.364. The van der Waals surface area contributed by atoms with E-state index in [1.807, 2.05) is 38.2 Å². The van der Waals surface area contributed by atoms with Crippen molar-refractivity contribution in [3.05, 3.63) is 47.8 Å². The standard InChI is InChI=1S/C22H25N5O2/c1-13(2)15-6-5-7-18(8-15)27-12-16(9-20(27)28)22(29)24-17-10-19-14(3)25-26(4)21(19)23-11-17/h5-8,10-11,13,16H,9,12H2,1-4H3,(H,24,29). The molecule has 1 N–H and O–H groups in total. The van der Waals surface area contributed by atoms with Gasteiger partial charge in [0.15, 0.2) is 5.65 Å². The molecular formula is C22H25N5O2. The Morgan fingerprint density at radius 2 is 2.07 bits per heavy atom. The van der Waals surface area contributed by atoms with Crippen LogP contribution in [0.4, 0.5) is 11.4 Å². The predicted octanol–water partition coefficient (Wildman–Crippen LogP) is 3.39. The van der Waals surface area contributed by atoms with Gasteiger partial charge in [0, 0.05) is 31.1 Å². The molecule has 2 amide bonds. The van der Waals surface area contributed by atoms with Gasteiger partial charge in [0.25, 0.3) is 0 Å². The molecule has 29 heavy (non-hydrogen) atoms. The van der Waals surface area contributed by atoms with Crippen LogP contribution in [0.2, 0.25) is 0 Å². The smallest absolute Gasteiger partial charge is 0.229 e. The molecule has 0 radical (unpaired) electrons. The third-order valence-corrected chi connectivity index (χ3v) is 5.47. The van der Waals surface area contributed by atoms with Crippen molar-refractivity contribution < 1.29 is 9.59 Å². The molecule has 1 fully saturated rings. The lowest BCUT2D eigenvalue weighted by Gasteiger charge is -2.18. The van der Waals surface area contributed by atoms with E-state index in [4.69, 9.17) is 0 Å². The van der Waals surface area contributed by atoms with E-state index in [1.54, 1.807) is 15.8 Å². The van der Waals surface area contributed by atoms with E-state index >= 15 is 0 Å². The zero-order valence-electron chi connectivity index (χ0n) is 17.1. The highest BCUT2D eigenvalue weighted by atomic mass is 16.2. The van der Waals surface area contributed by atoms with Crippen LogP contribution in [-0.4, -0.2) is 33.1 Å². The summed E-state index contributed by atoms with van der Waals surface area (Å²) >= 11 is 0. The lowest BCUT2D eigenvalue weighted by atomic mass is 10.0. The quantitative estimate of drug-likeness (QED) is 0.739. The molecule has 2 aromatic heterocycles. The van der Waals surface area contributed by atoms with Gasteiger partial charge in [-0.05, 0) is 36.6 Å². The summed E-state index contributed by atoms with van der Waals surface area (Å²) in [7, 11) is 1.84. The summed E-state index contributed by atoms with van der Waals surface area (Å²) in [6.07, 6.45) is 1.83. The first-order valence-corrected chi connectivity index (χ1v) is 9.84. The minimum absolute atomic E-state index is 0.0252. The van der Waals surface area contributed by atoms with E-state index in [0.29, 0.717) is 18.2 Å². The second-order valence-corrected chi connectivity index (χ2v) is 7.95. The van der Waals surface area contributed by atoms with E-state index in [9.17, 15) is 9.59 Å². The van der Waals surface area contributed by atoms with E-state index in [1.165, 1.54) is 5.56 Å². The summed E-state index contributed by atoms with van der Waals surface area (Å²) in [5, 5.41) is 8.17. The van der Waals surface area contributed by atoms with Gasteiger partial charge in [-0.25, -0.2) is 4.98 Å². The zero-order chi connectivity index (χ0) is 20.7. The second kappa shape index (κ2) is 7.31. The molecule has 4 rings (SSSR count). The average Bonchev–Trinajstić information content (AvgIpc) is 3.22. The molecule has 1 aliphatic heterocycles. The number of carbonyl (C=O) groups is 2. The number of benzene rings is 1. The Kier molecular flexibility index (Phi) is 4.82. The molecule has 1 aliphatic rings. The third-order valence-electron chi connectivity index (χ3n) is 5.47. The number of aromatic nitrogens is 3. The Labute approximate surface area is 169 Å². The van der Waals surface area contributed by atoms with Gasteiger partial charge in [-0.15, -0.1) is 0 Å². The van der Waals surface area contributed by atoms with E-state index < -0.39 is 5.92 Å². The van der Waals surface area contributed by atoms with Gasteiger partial charge < -0.3 is 10.2 Å². The average molecular weight is 391 g/mol. The van der Waals surface area contributed by atoms with Gasteiger partial charge in [0.1, 0.15) is 0 Å². The Bertz CT molecular complexity index is 1100. The van der Waals surface area contributed by atoms with Gasteiger partial charge in [0.05, 0.1) is 23.5 Å². The van der Waals surface area contributed by atoms with Gasteiger partial charge in [-0.1, -0.05) is 26.0 Å². The largest absolute Gasteiger partial charge is 0.324 e. The molecule has 1 unspecified atom stereocenters. The summed E-state index contributed by atoms with van der Waals surface area (Å²) in [5.74, 6) is -0.202. The Hall–Kier alpha value is -3.22. The highest BCUT2D eigenvalue weighted by Gasteiger charge is 2.35. The number of nitrogens with zero attached hydrogens (tertiary/aromatic N) is 4. The molecule has 1 saturated heterocycles. The Morgan fingerprint density at radius 1 is 1.28 bits per heavy atom. The van der Waals surface area contributed by atoms with Crippen LogP contribution in [0.1, 0.15) is 37.4 Å². The van der Waals surface area contributed by atoms with Crippen LogP contribution < -0.4 is 10.2 Å². The van der Waals surface area contributed by atoms with E-state index in [0.717, 1.165) is 22.4 Å². The number of hydrogen-bond acceptors (Lipinski definition) is 4. The van der Waals surface area contributed by atoms with Gasteiger partial charge >= 0.3 is 0 Å². The van der Waals surface area contributed by atoms with Crippen molar-refractivity contribution >= 4 is 34.2 Å². The fourth-order valence-corrected chi connectivity index (χ4v) is 3.81. The Balaban J connectivity index is 1.50. The summed E-state index contributed by atoms with van der Waals surface area (Å²) in [4.78, 5) is 31.5. The lowest BCUT2D eigenvalue weighted by molar-refractivity contribution is -0.122. The van der Waals surface area contributed by atoms with Crippen molar-refractivity contribution in [1.82, 2.24) is 14.8 Å². The molecule has 0 aliphatic carbocycles. The molecular weight excluding hydrogens is 366 g/mol. The maximum absolute atomic E-state index is 12.8. The van der Waals surface area contributed by atoms with E-state index in [2.05, 4.69) is 35.3 Å². The first kappa shape index (κ1) is 19.1. The number of fused-ring (bicyclic) bond motifs is 1. The molecule has 0 saturated carbocycles. The first-order chi connectivity index (χ1) is 13.8. The fourth-order valence-electron chi connectivity index (χ4n) is 3.81. The van der Waals surface area contributed by atoms with Gasteiger partial charge in [0.2, 0.25) is 11.8 Å². The number of aryl methyl sites for hydroxylation is 2. The summed E-state index contributed by atoms with van der Waals surface area (Å²) in [6, 6.07) is 9.85. The first-order valence-electron chi connectivity index (χ1n) is 9.84. The molecule has 0 bridgehead atoms. The number of hydrogen-bond donors (Lipinski definition) is 1. The minimum atomic E-state index is -0.393. The number of carbonyl (C=O) groups excluding carboxylic acids is 2. The number of pyridine rings is 1. The lowest BCUT2D eigenvalue weighted by Crippen LogP contribution is -2.28. The van der Waals surface area contributed by atoms with Crippen LogP contribution in [0, 0.1) is 12.8 Å². The molecule has 7 nitrogen and oxygen atoms in total. The SMILES string of the molecule is Cc1nn(C)c2ncc(NC(=O)C3CC(=O)N(c4cccc(C(C)C)c4)C3)cc12. The topological polar surface area (TPSA) is 80.1 Å². The van der Waals surface area contributed by atoms with Gasteiger partial charge in [-0.2, -0.15) is 5.10 Å². The predicted molar refractivity (Wildman–Crippen MR) is 113 cm³/mol. The summed E-state index contributed by atoms with van der Waals surface area (Å²) < 4.78 is 1.72. The monoisotopic (exact) mass is 391 g/mol. The highest BCUT2D eigenvalue weighted by Crippen LogP contribution is 2.29. The number of anilines is 2. The van der Waals surface area contributed by atoms with Crippen LogP contribution in [0.5, 0.6) is 0 Å². The molecule has 1 aromatic carbocycles. The van der Waals surface area contributed by atoms with E-state index in [-0.39, 0.29) is 18.2 Å². The second-order valence-electron chi connectivity index (χ2n) is 7.95. The van der Waals surface area contributed by atoms with Crippen LogP contribution in [0.3, 0.4) is 0 Å². The van der Waals surface area contributed by atoms with Crippen molar-refractivity contribution in [2.75, 3.05) is 16.8 Å². The van der Waals surface area contributed by atoms with Crippen LogP contribution in [-0.2, 0) is 16.6 Å².